The molecule has 1 saturated carbocycles. The van der Waals surface area contributed by atoms with Gasteiger partial charge in [0.25, 0.3) is 0 Å². The van der Waals surface area contributed by atoms with E-state index in [-0.39, 0.29) is 0 Å². The van der Waals surface area contributed by atoms with E-state index in [0.29, 0.717) is 12.1 Å². The fraction of sp³-hybridized carbons (Fsp3) is 0.389. The maximum Gasteiger partial charge on any atom is 0.142 e. The topological polar surface area (TPSA) is 15.6 Å². The molecule has 1 aromatic heterocycles. The molecule has 2 aliphatic rings. The number of amidine groups is 1. The van der Waals surface area contributed by atoms with E-state index in [2.05, 4.69) is 52.7 Å². The average molecular weight is 296 g/mol. The molecule has 1 aliphatic carbocycles. The van der Waals surface area contributed by atoms with Crippen molar-refractivity contribution in [3.63, 3.8) is 0 Å². The van der Waals surface area contributed by atoms with E-state index in [0.717, 1.165) is 6.54 Å². The molecule has 2 nitrogen and oxygen atoms in total. The van der Waals surface area contributed by atoms with Crippen molar-refractivity contribution in [2.45, 2.75) is 44.3 Å². The van der Waals surface area contributed by atoms with Crippen LogP contribution in [0.2, 0.25) is 0 Å². The molecule has 21 heavy (non-hydrogen) atoms. The molecule has 0 spiro atoms. The van der Waals surface area contributed by atoms with Gasteiger partial charge in [-0.1, -0.05) is 49.2 Å². The Bertz CT molecular complexity index is 618. The molecule has 3 heteroatoms. The van der Waals surface area contributed by atoms with Crippen LogP contribution in [0.5, 0.6) is 0 Å². The Kier molecular flexibility index (Phi) is 3.52. The van der Waals surface area contributed by atoms with E-state index in [9.17, 15) is 0 Å². The lowest BCUT2D eigenvalue weighted by Crippen LogP contribution is -2.40. The Morgan fingerprint density at radius 1 is 1.05 bits per heavy atom. The third kappa shape index (κ3) is 2.51. The third-order valence-electron chi connectivity index (χ3n) is 4.59. The highest BCUT2D eigenvalue weighted by molar-refractivity contribution is 7.12. The molecule has 2 heterocycles. The number of hydrogen-bond donors (Lipinski definition) is 0. The number of fused-ring (bicyclic) bond motifs is 1. The van der Waals surface area contributed by atoms with Gasteiger partial charge < -0.3 is 4.90 Å². The lowest BCUT2D eigenvalue weighted by atomic mass is 9.90. The van der Waals surface area contributed by atoms with Gasteiger partial charge in [0, 0.05) is 6.54 Å². The van der Waals surface area contributed by atoms with Gasteiger partial charge in [-0.3, -0.25) is 4.99 Å². The average Bonchev–Trinajstić information content (AvgIpc) is 3.16. The first-order valence-electron chi connectivity index (χ1n) is 7.84. The quantitative estimate of drug-likeness (QED) is 0.823. The molecule has 1 aromatic carbocycles. The van der Waals surface area contributed by atoms with E-state index in [4.69, 9.17) is 4.99 Å². The molecule has 0 unspecified atom stereocenters. The molecule has 2 atom stereocenters. The molecule has 0 N–H and O–H groups in total. The summed E-state index contributed by atoms with van der Waals surface area (Å²) < 4.78 is 0. The Morgan fingerprint density at radius 2 is 1.90 bits per heavy atom. The minimum absolute atomic E-state index is 0.513. The minimum Gasteiger partial charge on any atom is -0.346 e. The molecule has 0 amide bonds. The van der Waals surface area contributed by atoms with Crippen molar-refractivity contribution >= 4 is 17.2 Å². The highest BCUT2D eigenvalue weighted by Gasteiger charge is 2.38. The molecule has 4 rings (SSSR count). The first-order valence-corrected chi connectivity index (χ1v) is 8.72. The third-order valence-corrected chi connectivity index (χ3v) is 5.46. The molecular formula is C18H20N2S. The van der Waals surface area contributed by atoms with Gasteiger partial charge in [-0.15, -0.1) is 11.3 Å². The highest BCUT2D eigenvalue weighted by atomic mass is 32.1. The van der Waals surface area contributed by atoms with Crippen molar-refractivity contribution in [3.05, 3.63) is 58.3 Å². The largest absolute Gasteiger partial charge is 0.346 e. The standard InChI is InChI=1S/C18H20N2S/c1-2-7-14(8-3-1)13-20-16-10-5-4-9-15(16)19-18(20)17-11-6-12-21-17/h1-3,6-8,11-12,15-16H,4-5,9-10,13H2/t15-,16-/m1/s1. The van der Waals surface area contributed by atoms with Gasteiger partial charge >= 0.3 is 0 Å². The zero-order chi connectivity index (χ0) is 14.1. The SMILES string of the molecule is c1ccc(CN2C(c3cccs3)=N[C@@H]3CCCC[C@H]32)cc1. The lowest BCUT2D eigenvalue weighted by molar-refractivity contribution is 0.240. The van der Waals surface area contributed by atoms with Gasteiger partial charge in [-0.2, -0.15) is 0 Å². The van der Waals surface area contributed by atoms with Crippen LogP contribution in [0.25, 0.3) is 0 Å². The monoisotopic (exact) mass is 296 g/mol. The van der Waals surface area contributed by atoms with Crippen LogP contribution in [0.15, 0.2) is 52.8 Å². The van der Waals surface area contributed by atoms with Crippen molar-refractivity contribution in [3.8, 4) is 0 Å². The minimum atomic E-state index is 0.513. The molecular weight excluding hydrogens is 276 g/mol. The summed E-state index contributed by atoms with van der Waals surface area (Å²) in [5.74, 6) is 1.23. The highest BCUT2D eigenvalue weighted by Crippen LogP contribution is 2.34. The molecule has 0 radical (unpaired) electrons. The predicted molar refractivity (Wildman–Crippen MR) is 88.9 cm³/mol. The first-order chi connectivity index (χ1) is 10.4. The van der Waals surface area contributed by atoms with Crippen molar-refractivity contribution in [1.29, 1.82) is 0 Å². The molecule has 0 bridgehead atoms. The molecule has 1 aliphatic heterocycles. The van der Waals surface area contributed by atoms with E-state index >= 15 is 0 Å². The number of hydrogen-bond acceptors (Lipinski definition) is 3. The molecule has 108 valence electrons. The second-order valence-electron chi connectivity index (χ2n) is 5.96. The summed E-state index contributed by atoms with van der Waals surface area (Å²) in [6.45, 7) is 0.985. The summed E-state index contributed by atoms with van der Waals surface area (Å²) in [4.78, 5) is 8.96. The number of nitrogens with zero attached hydrogens (tertiary/aromatic N) is 2. The van der Waals surface area contributed by atoms with Gasteiger partial charge in [0.15, 0.2) is 0 Å². The number of aliphatic imine (C=N–C) groups is 1. The summed E-state index contributed by atoms with van der Waals surface area (Å²) >= 11 is 1.81. The molecule has 0 saturated heterocycles. The number of benzene rings is 1. The van der Waals surface area contributed by atoms with Gasteiger partial charge in [0.2, 0.25) is 0 Å². The Labute approximate surface area is 130 Å². The van der Waals surface area contributed by atoms with E-state index < -0.39 is 0 Å². The van der Waals surface area contributed by atoms with Gasteiger partial charge in [0.05, 0.1) is 17.0 Å². The zero-order valence-electron chi connectivity index (χ0n) is 12.1. The van der Waals surface area contributed by atoms with Crippen molar-refractivity contribution < 1.29 is 0 Å². The normalized spacial score (nSPS) is 24.8. The van der Waals surface area contributed by atoms with Crippen LogP contribution in [-0.2, 0) is 6.54 Å². The van der Waals surface area contributed by atoms with Gasteiger partial charge in [0.1, 0.15) is 5.84 Å². The summed E-state index contributed by atoms with van der Waals surface area (Å²) in [6.07, 6.45) is 5.22. The molecule has 1 fully saturated rings. The smallest absolute Gasteiger partial charge is 0.142 e. The van der Waals surface area contributed by atoms with Crippen LogP contribution >= 0.6 is 11.3 Å². The predicted octanol–water partition coefficient (Wildman–Crippen LogP) is 4.32. The van der Waals surface area contributed by atoms with E-state index in [1.165, 1.54) is 42.0 Å². The fourth-order valence-corrected chi connectivity index (χ4v) is 4.31. The fourth-order valence-electron chi connectivity index (χ4n) is 3.58. The number of thiophene rings is 1. The van der Waals surface area contributed by atoms with Crippen molar-refractivity contribution in [2.24, 2.45) is 4.99 Å². The van der Waals surface area contributed by atoms with Gasteiger partial charge in [-0.25, -0.2) is 0 Å². The van der Waals surface area contributed by atoms with Crippen LogP contribution < -0.4 is 0 Å². The summed E-state index contributed by atoms with van der Waals surface area (Å²) in [7, 11) is 0. The van der Waals surface area contributed by atoms with Gasteiger partial charge in [-0.05, 0) is 29.9 Å². The van der Waals surface area contributed by atoms with Crippen LogP contribution in [-0.4, -0.2) is 22.8 Å². The Morgan fingerprint density at radius 3 is 2.71 bits per heavy atom. The van der Waals surface area contributed by atoms with Crippen molar-refractivity contribution in [2.75, 3.05) is 0 Å². The van der Waals surface area contributed by atoms with Crippen LogP contribution in [0.3, 0.4) is 0 Å². The first kappa shape index (κ1) is 13.1. The maximum atomic E-state index is 5.08. The summed E-state index contributed by atoms with van der Waals surface area (Å²) in [5, 5.41) is 2.15. The summed E-state index contributed by atoms with van der Waals surface area (Å²) in [6, 6.07) is 16.3. The van der Waals surface area contributed by atoms with Crippen LogP contribution in [0.1, 0.15) is 36.1 Å². The lowest BCUT2D eigenvalue weighted by Gasteiger charge is -2.33. The zero-order valence-corrected chi connectivity index (χ0v) is 12.9. The van der Waals surface area contributed by atoms with E-state index in [1.807, 2.05) is 11.3 Å². The molecule has 2 aromatic rings. The second-order valence-corrected chi connectivity index (χ2v) is 6.91. The Balaban J connectivity index is 1.66. The van der Waals surface area contributed by atoms with Crippen LogP contribution in [0.4, 0.5) is 0 Å². The maximum absolute atomic E-state index is 5.08. The van der Waals surface area contributed by atoms with E-state index in [1.54, 1.807) is 0 Å². The van der Waals surface area contributed by atoms with Crippen molar-refractivity contribution in [1.82, 2.24) is 4.90 Å². The van der Waals surface area contributed by atoms with Crippen LogP contribution in [0, 0.1) is 0 Å². The summed E-state index contributed by atoms with van der Waals surface area (Å²) in [5.41, 5.74) is 1.38. The second kappa shape index (κ2) is 5.64. The number of rotatable bonds is 3. The Hall–Kier alpha value is -1.61.